The average Bonchev–Trinajstić information content (AvgIpc) is 3.43. The van der Waals surface area contributed by atoms with Crippen molar-refractivity contribution in [3.8, 4) is 0 Å². The Hall–Kier alpha value is -2.79. The van der Waals surface area contributed by atoms with Crippen LogP contribution >= 0.6 is 7.82 Å². The summed E-state index contributed by atoms with van der Waals surface area (Å²) >= 11 is 0. The minimum Gasteiger partial charge on any atom is -0.756 e. The van der Waals surface area contributed by atoms with Crippen LogP contribution in [0.25, 0.3) is 0 Å². The number of ether oxygens (including phenoxy) is 2. The molecular formula is C46H78NO10P. The number of aryl methyl sites for hydroxylation is 2. The van der Waals surface area contributed by atoms with Gasteiger partial charge < -0.3 is 37.4 Å². The predicted octanol–water partition coefficient (Wildman–Crippen LogP) is 9.90. The van der Waals surface area contributed by atoms with Crippen LogP contribution in [0.1, 0.15) is 146 Å². The van der Waals surface area contributed by atoms with Crippen LogP contribution in [0.5, 0.6) is 0 Å². The van der Waals surface area contributed by atoms with E-state index in [0.29, 0.717) is 30.3 Å². The molecule has 1 aromatic rings. The predicted molar refractivity (Wildman–Crippen MR) is 231 cm³/mol. The second-order valence-electron chi connectivity index (χ2n) is 16.1. The molecule has 0 bridgehead atoms. The lowest BCUT2D eigenvalue weighted by Gasteiger charge is -2.28. The number of hydrogen-bond donors (Lipinski definition) is 1. The zero-order valence-corrected chi connectivity index (χ0v) is 37.9. The number of carbonyl (C=O) groups excluding carboxylic acids is 2. The molecule has 0 aliphatic rings. The van der Waals surface area contributed by atoms with Crippen LogP contribution < -0.4 is 4.89 Å². The largest absolute Gasteiger partial charge is 0.756 e. The Kier molecular flexibility index (Phi) is 29.4. The topological polar surface area (TPSA) is 145 Å². The first-order chi connectivity index (χ1) is 27.7. The van der Waals surface area contributed by atoms with Gasteiger partial charge in [-0.05, 0) is 82.8 Å². The second-order valence-corrected chi connectivity index (χ2v) is 17.5. The van der Waals surface area contributed by atoms with Crippen molar-refractivity contribution in [2.45, 2.75) is 162 Å². The molecule has 1 heterocycles. The highest BCUT2D eigenvalue weighted by atomic mass is 31.2. The molecule has 12 heteroatoms. The van der Waals surface area contributed by atoms with Gasteiger partial charge >= 0.3 is 11.9 Å². The standard InChI is InChI=1S/C46H78NO10P/c1-8-10-30-41(48)31-25-21-17-15-13-11-12-14-16-18-24-28-34-46(50)56-42(38-55-58(51,52)54-36-35-47(5,6)7)37-53-45(49)33-27-23-20-19-22-26-32-44-40(4)39(3)43(57-44)29-9-2/h11-12,15-18,25,31,41-42,48H,8-10,13-14,19-24,26-30,32-38H2,1-7H3/b12-11-,17-15-,18-16-,31-25-/t41-,42-/m1/s1. The molecule has 1 rings (SSSR count). The van der Waals surface area contributed by atoms with Gasteiger partial charge in [-0.2, -0.15) is 0 Å². The van der Waals surface area contributed by atoms with Crippen molar-refractivity contribution >= 4 is 19.8 Å². The highest BCUT2D eigenvalue weighted by molar-refractivity contribution is 7.45. The molecule has 0 aliphatic carbocycles. The van der Waals surface area contributed by atoms with Gasteiger partial charge in [0, 0.05) is 25.7 Å². The van der Waals surface area contributed by atoms with Crippen LogP contribution in [0.15, 0.2) is 53.0 Å². The van der Waals surface area contributed by atoms with Crippen molar-refractivity contribution in [3.63, 3.8) is 0 Å². The molecule has 0 spiro atoms. The first-order valence-corrected chi connectivity index (χ1v) is 23.3. The highest BCUT2D eigenvalue weighted by Gasteiger charge is 2.22. The quantitative estimate of drug-likeness (QED) is 0.0231. The summed E-state index contributed by atoms with van der Waals surface area (Å²) in [5.74, 6) is 1.26. The minimum absolute atomic E-state index is 0.0587. The van der Waals surface area contributed by atoms with Crippen molar-refractivity contribution < 1.29 is 51.6 Å². The maximum Gasteiger partial charge on any atom is 0.306 e. The Morgan fingerprint density at radius 3 is 1.97 bits per heavy atom. The van der Waals surface area contributed by atoms with E-state index in [1.165, 1.54) is 11.1 Å². The zero-order valence-electron chi connectivity index (χ0n) is 37.1. The number of phosphoric acid groups is 1. The van der Waals surface area contributed by atoms with Gasteiger partial charge in [-0.15, -0.1) is 0 Å². The lowest BCUT2D eigenvalue weighted by Crippen LogP contribution is -2.37. The summed E-state index contributed by atoms with van der Waals surface area (Å²) in [6, 6.07) is 0. The number of nitrogens with zero attached hydrogens (tertiary/aromatic N) is 1. The first-order valence-electron chi connectivity index (χ1n) is 21.8. The van der Waals surface area contributed by atoms with E-state index in [-0.39, 0.29) is 32.2 Å². The molecule has 1 N–H and O–H groups in total. The molecule has 0 radical (unpaired) electrons. The van der Waals surface area contributed by atoms with Gasteiger partial charge in [0.25, 0.3) is 7.82 Å². The number of quaternary nitrogens is 1. The molecule has 0 amide bonds. The molecule has 0 fully saturated rings. The summed E-state index contributed by atoms with van der Waals surface area (Å²) in [4.78, 5) is 37.6. The van der Waals surface area contributed by atoms with Crippen LogP contribution in [0.2, 0.25) is 0 Å². The molecule has 332 valence electrons. The third kappa shape index (κ3) is 28.6. The lowest BCUT2D eigenvalue weighted by atomic mass is 10.0. The van der Waals surface area contributed by atoms with Crippen molar-refractivity contribution in [1.82, 2.24) is 0 Å². The number of esters is 2. The number of aliphatic hydroxyl groups excluding tert-OH is 1. The second kappa shape index (κ2) is 32.0. The molecule has 58 heavy (non-hydrogen) atoms. The fourth-order valence-electron chi connectivity index (χ4n) is 5.89. The smallest absolute Gasteiger partial charge is 0.306 e. The molecule has 1 aromatic heterocycles. The number of furan rings is 1. The maximum absolute atomic E-state index is 12.7. The van der Waals surface area contributed by atoms with E-state index in [1.54, 1.807) is 0 Å². The molecular weight excluding hydrogens is 757 g/mol. The average molecular weight is 836 g/mol. The lowest BCUT2D eigenvalue weighted by molar-refractivity contribution is -0.870. The van der Waals surface area contributed by atoms with Gasteiger partial charge in [0.1, 0.15) is 31.3 Å². The normalized spacial score (nSPS) is 14.6. The molecule has 0 aromatic carbocycles. The Morgan fingerprint density at radius 2 is 1.33 bits per heavy atom. The fourth-order valence-corrected chi connectivity index (χ4v) is 6.62. The maximum atomic E-state index is 12.7. The summed E-state index contributed by atoms with van der Waals surface area (Å²) in [7, 11) is 1.07. The van der Waals surface area contributed by atoms with E-state index in [0.717, 1.165) is 101 Å². The van der Waals surface area contributed by atoms with E-state index < -0.39 is 32.5 Å². The third-order valence-corrected chi connectivity index (χ3v) is 10.6. The Morgan fingerprint density at radius 1 is 0.741 bits per heavy atom. The van der Waals surface area contributed by atoms with E-state index in [1.807, 2.05) is 45.4 Å². The third-order valence-electron chi connectivity index (χ3n) is 9.60. The number of rotatable bonds is 35. The molecule has 0 aliphatic heterocycles. The van der Waals surface area contributed by atoms with Crippen molar-refractivity contribution in [2.24, 2.45) is 0 Å². The molecule has 0 saturated carbocycles. The molecule has 11 nitrogen and oxygen atoms in total. The summed E-state index contributed by atoms with van der Waals surface area (Å²) in [6.07, 6.45) is 30.6. The first kappa shape index (κ1) is 53.2. The van der Waals surface area contributed by atoms with E-state index in [9.17, 15) is 24.2 Å². The van der Waals surface area contributed by atoms with Crippen molar-refractivity contribution in [1.29, 1.82) is 0 Å². The summed E-state index contributed by atoms with van der Waals surface area (Å²) < 4.78 is 39.9. The minimum atomic E-state index is -4.67. The Labute approximate surface area is 351 Å². The SMILES string of the molecule is CCCC[C@@H](O)/C=C\C/C=C\C/C=C\C/C=C\CCCC(=O)O[C@H](COC(=O)CCCCCCCCc1oc(CCC)c(C)c1C)COP(=O)([O-])OCC[N+](C)(C)C. The number of aliphatic hydroxyl groups is 1. The number of allylic oxidation sites excluding steroid dienone is 7. The number of carbonyl (C=O) groups is 2. The molecule has 1 unspecified atom stereocenters. The van der Waals surface area contributed by atoms with Crippen LogP contribution in [0.4, 0.5) is 0 Å². The van der Waals surface area contributed by atoms with Crippen LogP contribution in [-0.2, 0) is 45.5 Å². The Bertz CT molecular complexity index is 1420. The van der Waals surface area contributed by atoms with E-state index >= 15 is 0 Å². The number of likely N-dealkylation sites (N-methyl/N-ethyl adjacent to an activating group) is 1. The Balaban J connectivity index is 2.42. The van der Waals surface area contributed by atoms with Gasteiger partial charge in [0.05, 0.1) is 33.9 Å². The highest BCUT2D eigenvalue weighted by Crippen LogP contribution is 2.38. The molecule has 0 saturated heterocycles. The van der Waals surface area contributed by atoms with Crippen LogP contribution in [-0.4, -0.2) is 81.2 Å². The van der Waals surface area contributed by atoms with Gasteiger partial charge in [0.2, 0.25) is 0 Å². The summed E-state index contributed by atoms with van der Waals surface area (Å²) in [5.41, 5.74) is 2.56. The van der Waals surface area contributed by atoms with Crippen molar-refractivity contribution in [3.05, 3.63) is 71.3 Å². The monoisotopic (exact) mass is 836 g/mol. The van der Waals surface area contributed by atoms with E-state index in [4.69, 9.17) is 22.9 Å². The zero-order chi connectivity index (χ0) is 43.1. The van der Waals surface area contributed by atoms with Gasteiger partial charge in [-0.25, -0.2) is 0 Å². The number of phosphoric ester groups is 1. The fraction of sp³-hybridized carbons (Fsp3) is 0.696. The van der Waals surface area contributed by atoms with Gasteiger partial charge in [-0.3, -0.25) is 14.2 Å². The van der Waals surface area contributed by atoms with Gasteiger partial charge in [0.15, 0.2) is 6.10 Å². The molecule has 3 atom stereocenters. The summed E-state index contributed by atoms with van der Waals surface area (Å²) in [5, 5.41) is 9.83. The number of hydrogen-bond acceptors (Lipinski definition) is 10. The van der Waals surface area contributed by atoms with Crippen LogP contribution in [0.3, 0.4) is 0 Å². The number of unbranched alkanes of at least 4 members (excludes halogenated alkanes) is 7. The summed E-state index contributed by atoms with van der Waals surface area (Å²) in [6.45, 7) is 8.13. The van der Waals surface area contributed by atoms with Gasteiger partial charge in [-0.1, -0.05) is 101 Å². The van der Waals surface area contributed by atoms with Crippen LogP contribution in [0, 0.1) is 13.8 Å². The van der Waals surface area contributed by atoms with Crippen molar-refractivity contribution in [2.75, 3.05) is 47.5 Å². The van der Waals surface area contributed by atoms with E-state index in [2.05, 4.69) is 52.0 Å².